The number of carbonyl (C=O) groups excluding carboxylic acids is 1. The molecule has 0 aromatic carbocycles. The summed E-state index contributed by atoms with van der Waals surface area (Å²) in [5.74, 6) is -0.0947. The molecule has 3 aromatic rings. The van der Waals surface area contributed by atoms with Gasteiger partial charge in [-0.2, -0.15) is 5.10 Å². The van der Waals surface area contributed by atoms with Crippen LogP contribution in [0.15, 0.2) is 35.1 Å². The van der Waals surface area contributed by atoms with Crippen molar-refractivity contribution in [2.45, 2.75) is 19.5 Å². The Labute approximate surface area is 145 Å². The van der Waals surface area contributed by atoms with E-state index in [1.54, 1.807) is 23.0 Å². The van der Waals surface area contributed by atoms with Gasteiger partial charge in [-0.25, -0.2) is 9.50 Å². The molecule has 4 rings (SSSR count). The first-order valence-corrected chi connectivity index (χ1v) is 8.38. The van der Waals surface area contributed by atoms with Crippen LogP contribution < -0.4 is 0 Å². The average molecular weight is 395 g/mol. The van der Waals surface area contributed by atoms with Crippen LogP contribution in [0, 0.1) is 0 Å². The monoisotopic (exact) mass is 393 g/mol. The van der Waals surface area contributed by atoms with Gasteiger partial charge in [0.2, 0.25) is 0 Å². The standard InChI is InChI=1S/C15H13BrClN5O/c1-9-12-2-3-13(17)21(12)5-4-20(9)15(23)11-6-14-18-7-10(16)8-22(14)19-11/h2-3,6-9H,4-5H2,1H3/t9-/m1/s1. The first-order chi connectivity index (χ1) is 11.0. The third-order valence-corrected chi connectivity index (χ3v) is 4.92. The lowest BCUT2D eigenvalue weighted by molar-refractivity contribution is 0.0637. The molecule has 23 heavy (non-hydrogen) atoms. The number of amides is 1. The van der Waals surface area contributed by atoms with E-state index in [-0.39, 0.29) is 11.9 Å². The zero-order valence-electron chi connectivity index (χ0n) is 12.3. The molecule has 118 valence electrons. The number of fused-ring (bicyclic) bond motifs is 2. The number of rotatable bonds is 1. The summed E-state index contributed by atoms with van der Waals surface area (Å²) in [5.41, 5.74) is 2.08. The summed E-state index contributed by atoms with van der Waals surface area (Å²) in [4.78, 5) is 18.9. The highest BCUT2D eigenvalue weighted by molar-refractivity contribution is 9.10. The normalized spacial score (nSPS) is 17.5. The van der Waals surface area contributed by atoms with Crippen molar-refractivity contribution in [1.82, 2.24) is 24.1 Å². The van der Waals surface area contributed by atoms with Gasteiger partial charge in [0.15, 0.2) is 11.3 Å². The quantitative estimate of drug-likeness (QED) is 0.637. The number of hydrogen-bond donors (Lipinski definition) is 0. The Kier molecular flexibility index (Phi) is 3.42. The van der Waals surface area contributed by atoms with Crippen molar-refractivity contribution in [2.24, 2.45) is 0 Å². The highest BCUT2D eigenvalue weighted by Gasteiger charge is 2.30. The number of nitrogens with zero attached hydrogens (tertiary/aromatic N) is 5. The average Bonchev–Trinajstić information content (AvgIpc) is 3.11. The van der Waals surface area contributed by atoms with Gasteiger partial charge >= 0.3 is 0 Å². The van der Waals surface area contributed by atoms with E-state index in [0.29, 0.717) is 29.6 Å². The maximum absolute atomic E-state index is 12.8. The Bertz CT molecular complexity index is 918. The van der Waals surface area contributed by atoms with Gasteiger partial charge in [-0.3, -0.25) is 4.79 Å². The molecule has 0 spiro atoms. The predicted molar refractivity (Wildman–Crippen MR) is 89.6 cm³/mol. The smallest absolute Gasteiger partial charge is 0.275 e. The van der Waals surface area contributed by atoms with Gasteiger partial charge in [-0.1, -0.05) is 11.6 Å². The third-order valence-electron chi connectivity index (χ3n) is 4.18. The summed E-state index contributed by atoms with van der Waals surface area (Å²) in [6.45, 7) is 3.30. The van der Waals surface area contributed by atoms with Crippen molar-refractivity contribution in [3.05, 3.63) is 51.6 Å². The summed E-state index contributed by atoms with van der Waals surface area (Å²) < 4.78 is 4.45. The lowest BCUT2D eigenvalue weighted by Gasteiger charge is -2.34. The molecule has 4 heterocycles. The fraction of sp³-hybridized carbons (Fsp3) is 0.267. The lowest BCUT2D eigenvalue weighted by atomic mass is 10.1. The van der Waals surface area contributed by atoms with Crippen LogP contribution in [0.5, 0.6) is 0 Å². The van der Waals surface area contributed by atoms with Crippen LogP contribution in [0.1, 0.15) is 29.1 Å². The Morgan fingerprint density at radius 3 is 3.04 bits per heavy atom. The van der Waals surface area contributed by atoms with E-state index in [1.807, 2.05) is 28.5 Å². The number of carbonyl (C=O) groups is 1. The van der Waals surface area contributed by atoms with Gasteiger partial charge in [-0.05, 0) is 35.0 Å². The molecular formula is C15H13BrClN5O. The van der Waals surface area contributed by atoms with Crippen molar-refractivity contribution in [3.63, 3.8) is 0 Å². The zero-order valence-corrected chi connectivity index (χ0v) is 14.6. The molecule has 0 fully saturated rings. The van der Waals surface area contributed by atoms with Crippen LogP contribution in [-0.4, -0.2) is 36.5 Å². The maximum atomic E-state index is 12.8. The summed E-state index contributed by atoms with van der Waals surface area (Å²) in [5, 5.41) is 5.05. The van der Waals surface area contributed by atoms with Crippen molar-refractivity contribution in [3.8, 4) is 0 Å². The van der Waals surface area contributed by atoms with Crippen LogP contribution in [0.4, 0.5) is 0 Å². The van der Waals surface area contributed by atoms with E-state index >= 15 is 0 Å². The maximum Gasteiger partial charge on any atom is 0.275 e. The SMILES string of the molecule is C[C@@H]1c2ccc(Cl)n2CCN1C(=O)c1cc2ncc(Br)cn2n1. The highest BCUT2D eigenvalue weighted by atomic mass is 79.9. The molecule has 0 bridgehead atoms. The Morgan fingerprint density at radius 2 is 2.22 bits per heavy atom. The van der Waals surface area contributed by atoms with Crippen LogP contribution in [0.3, 0.4) is 0 Å². The van der Waals surface area contributed by atoms with E-state index in [4.69, 9.17) is 11.6 Å². The molecule has 0 N–H and O–H groups in total. The molecule has 1 atom stereocenters. The number of aromatic nitrogens is 4. The van der Waals surface area contributed by atoms with Gasteiger partial charge in [0, 0.05) is 37.2 Å². The van der Waals surface area contributed by atoms with Gasteiger partial charge in [0.25, 0.3) is 5.91 Å². The predicted octanol–water partition coefficient (Wildman–Crippen LogP) is 3.16. The Morgan fingerprint density at radius 1 is 1.39 bits per heavy atom. The minimum Gasteiger partial charge on any atom is -0.332 e. The van der Waals surface area contributed by atoms with E-state index in [1.165, 1.54) is 0 Å². The summed E-state index contributed by atoms with van der Waals surface area (Å²) in [7, 11) is 0. The molecule has 0 unspecified atom stereocenters. The highest BCUT2D eigenvalue weighted by Crippen LogP contribution is 2.30. The molecular weight excluding hydrogens is 382 g/mol. The largest absolute Gasteiger partial charge is 0.332 e. The minimum atomic E-state index is -0.0947. The molecule has 0 aliphatic carbocycles. The fourth-order valence-electron chi connectivity index (χ4n) is 3.00. The third kappa shape index (κ3) is 2.35. The lowest BCUT2D eigenvalue weighted by Crippen LogP contribution is -2.41. The van der Waals surface area contributed by atoms with Crippen LogP contribution in [0.25, 0.3) is 5.65 Å². The molecule has 8 heteroatoms. The van der Waals surface area contributed by atoms with Crippen molar-refractivity contribution >= 4 is 39.1 Å². The molecule has 0 saturated heterocycles. The first kappa shape index (κ1) is 14.7. The van der Waals surface area contributed by atoms with E-state index < -0.39 is 0 Å². The Balaban J connectivity index is 1.68. The number of hydrogen-bond acceptors (Lipinski definition) is 3. The fourth-order valence-corrected chi connectivity index (χ4v) is 3.54. The van der Waals surface area contributed by atoms with E-state index in [0.717, 1.165) is 10.2 Å². The van der Waals surface area contributed by atoms with E-state index in [9.17, 15) is 4.79 Å². The minimum absolute atomic E-state index is 0.0479. The van der Waals surface area contributed by atoms with Gasteiger partial charge in [0.05, 0.1) is 10.5 Å². The first-order valence-electron chi connectivity index (χ1n) is 7.21. The van der Waals surface area contributed by atoms with Gasteiger partial charge in [-0.15, -0.1) is 0 Å². The molecule has 1 aliphatic rings. The van der Waals surface area contributed by atoms with Crippen molar-refractivity contribution in [2.75, 3.05) is 6.54 Å². The van der Waals surface area contributed by atoms with Crippen LogP contribution in [-0.2, 0) is 6.54 Å². The second-order valence-corrected chi connectivity index (χ2v) is 6.81. The summed E-state index contributed by atoms with van der Waals surface area (Å²) in [6, 6.07) is 5.50. The van der Waals surface area contributed by atoms with Crippen molar-refractivity contribution in [1.29, 1.82) is 0 Å². The topological polar surface area (TPSA) is 55.4 Å². The van der Waals surface area contributed by atoms with Crippen molar-refractivity contribution < 1.29 is 4.79 Å². The van der Waals surface area contributed by atoms with E-state index in [2.05, 4.69) is 26.0 Å². The molecule has 1 aliphatic heterocycles. The van der Waals surface area contributed by atoms with Crippen LogP contribution >= 0.6 is 27.5 Å². The summed E-state index contributed by atoms with van der Waals surface area (Å²) in [6.07, 6.45) is 3.47. The second kappa shape index (κ2) is 5.35. The molecule has 1 amide bonds. The number of halogens is 2. The van der Waals surface area contributed by atoms with Gasteiger partial charge in [0.1, 0.15) is 5.15 Å². The zero-order chi connectivity index (χ0) is 16.1. The molecule has 6 nitrogen and oxygen atoms in total. The summed E-state index contributed by atoms with van der Waals surface area (Å²) >= 11 is 9.52. The Hall–Kier alpha value is -1.86. The van der Waals surface area contributed by atoms with Crippen LogP contribution in [0.2, 0.25) is 5.15 Å². The molecule has 0 radical (unpaired) electrons. The molecule has 3 aromatic heterocycles. The second-order valence-electron chi connectivity index (χ2n) is 5.51. The molecule has 0 saturated carbocycles. The van der Waals surface area contributed by atoms with Gasteiger partial charge < -0.3 is 9.47 Å².